The summed E-state index contributed by atoms with van der Waals surface area (Å²) in [4.78, 5) is 43.1. The average molecular weight is 689 g/mol. The number of ether oxygens (including phenoxy) is 2. The Kier molecular flexibility index (Phi) is 14.1. The van der Waals surface area contributed by atoms with Gasteiger partial charge in [-0.25, -0.2) is 4.79 Å². The van der Waals surface area contributed by atoms with Gasteiger partial charge in [-0.05, 0) is 49.8 Å². The van der Waals surface area contributed by atoms with Crippen molar-refractivity contribution in [1.82, 2.24) is 20.9 Å². The van der Waals surface area contributed by atoms with E-state index in [-0.39, 0.29) is 17.6 Å². The highest BCUT2D eigenvalue weighted by atomic mass is 32.2. The summed E-state index contributed by atoms with van der Waals surface area (Å²) in [7, 11) is 0. The van der Waals surface area contributed by atoms with E-state index in [1.54, 1.807) is 32.5 Å². The molecular weight excluding hydrogens is 637 g/mol. The van der Waals surface area contributed by atoms with Crippen LogP contribution < -0.4 is 16.0 Å². The average Bonchev–Trinajstić information content (AvgIpc) is 3.08. The van der Waals surface area contributed by atoms with Crippen LogP contribution in [0.1, 0.15) is 57.7 Å². The predicted molar refractivity (Wildman–Crippen MR) is 196 cm³/mol. The van der Waals surface area contributed by atoms with Gasteiger partial charge >= 0.3 is 6.09 Å². The Morgan fingerprint density at radius 2 is 1.29 bits per heavy atom. The smallest absolute Gasteiger partial charge is 0.408 e. The standard InChI is InChI=1S/C39H52N4O5S/c1-29(2)27-33(35(44)40-21-22-43-23-25-47-26-24-43)41-36(45)34(42-37(46)48-38(3,4)5)28-49-39(30-15-9-6-10-16-30,31-17-11-7-12-18-31)32-19-13-8-14-20-32/h6-20,29,33-34H,21-28H2,1-5H3,(H,40,44)(H,41,45)(H,42,46)/t33-,34-/m0/s1. The number of nitrogens with zero attached hydrogens (tertiary/aromatic N) is 1. The summed E-state index contributed by atoms with van der Waals surface area (Å²) in [5, 5.41) is 8.85. The fraction of sp³-hybridized carbons (Fsp3) is 0.462. The minimum Gasteiger partial charge on any atom is -0.444 e. The molecule has 1 saturated heterocycles. The summed E-state index contributed by atoms with van der Waals surface area (Å²) in [5.41, 5.74) is 2.34. The quantitative estimate of drug-likeness (QED) is 0.179. The van der Waals surface area contributed by atoms with Gasteiger partial charge in [-0.1, -0.05) is 105 Å². The van der Waals surface area contributed by atoms with E-state index in [0.29, 0.717) is 32.7 Å². The summed E-state index contributed by atoms with van der Waals surface area (Å²) in [6.07, 6.45) is -0.253. The van der Waals surface area contributed by atoms with Crippen LogP contribution in [0.3, 0.4) is 0 Å². The summed E-state index contributed by atoms with van der Waals surface area (Å²) >= 11 is 1.56. The molecule has 0 saturated carbocycles. The fourth-order valence-corrected chi connectivity index (χ4v) is 7.43. The van der Waals surface area contributed by atoms with Crippen LogP contribution in [-0.2, 0) is 23.8 Å². The number of alkyl carbamates (subject to hydrolysis) is 1. The zero-order chi connectivity index (χ0) is 35.3. The van der Waals surface area contributed by atoms with Gasteiger partial charge in [-0.2, -0.15) is 0 Å². The van der Waals surface area contributed by atoms with Crippen LogP contribution in [-0.4, -0.2) is 85.6 Å². The van der Waals surface area contributed by atoms with Gasteiger partial charge < -0.3 is 25.4 Å². The van der Waals surface area contributed by atoms with Crippen LogP contribution in [0.15, 0.2) is 91.0 Å². The number of carbonyl (C=O) groups excluding carboxylic acids is 3. The molecule has 1 aliphatic rings. The maximum absolute atomic E-state index is 14.2. The van der Waals surface area contributed by atoms with Crippen molar-refractivity contribution < 1.29 is 23.9 Å². The largest absolute Gasteiger partial charge is 0.444 e. The lowest BCUT2D eigenvalue weighted by atomic mass is 9.84. The van der Waals surface area contributed by atoms with Crippen molar-refractivity contribution in [2.24, 2.45) is 5.92 Å². The van der Waals surface area contributed by atoms with E-state index in [1.807, 2.05) is 68.4 Å². The van der Waals surface area contributed by atoms with Crippen LogP contribution in [0.2, 0.25) is 0 Å². The summed E-state index contributed by atoms with van der Waals surface area (Å²) in [6.45, 7) is 13.6. The lowest BCUT2D eigenvalue weighted by molar-refractivity contribution is -0.130. The van der Waals surface area contributed by atoms with Crippen LogP contribution >= 0.6 is 11.8 Å². The van der Waals surface area contributed by atoms with Crippen molar-refractivity contribution in [2.45, 2.75) is 63.5 Å². The number of hydrogen-bond acceptors (Lipinski definition) is 7. The highest BCUT2D eigenvalue weighted by molar-refractivity contribution is 8.00. The Morgan fingerprint density at radius 3 is 1.76 bits per heavy atom. The molecule has 2 atom stereocenters. The Labute approximate surface area is 295 Å². The van der Waals surface area contributed by atoms with Crippen molar-refractivity contribution in [3.8, 4) is 0 Å². The number of hydrogen-bond donors (Lipinski definition) is 3. The lowest BCUT2D eigenvalue weighted by Crippen LogP contribution is -2.56. The third-order valence-electron chi connectivity index (χ3n) is 8.19. The van der Waals surface area contributed by atoms with E-state index in [0.717, 1.165) is 29.8 Å². The Morgan fingerprint density at radius 1 is 0.776 bits per heavy atom. The van der Waals surface area contributed by atoms with E-state index >= 15 is 0 Å². The number of rotatable bonds is 15. The minimum atomic E-state index is -1.01. The van der Waals surface area contributed by atoms with Crippen LogP contribution in [0.5, 0.6) is 0 Å². The van der Waals surface area contributed by atoms with Crippen molar-refractivity contribution in [2.75, 3.05) is 45.1 Å². The Hall–Kier alpha value is -3.86. The molecule has 3 aromatic carbocycles. The molecule has 0 unspecified atom stereocenters. The molecule has 1 aliphatic heterocycles. The molecule has 0 spiro atoms. The molecule has 4 rings (SSSR count). The first kappa shape index (κ1) is 38.0. The molecule has 9 nitrogen and oxygen atoms in total. The lowest BCUT2D eigenvalue weighted by Gasteiger charge is -2.36. The van der Waals surface area contributed by atoms with Gasteiger partial charge in [-0.15, -0.1) is 11.8 Å². The zero-order valence-corrected chi connectivity index (χ0v) is 30.3. The second kappa shape index (κ2) is 18.2. The Bertz CT molecular complexity index is 1360. The summed E-state index contributed by atoms with van der Waals surface area (Å²) < 4.78 is 10.3. The zero-order valence-electron chi connectivity index (χ0n) is 29.4. The maximum atomic E-state index is 14.2. The number of benzene rings is 3. The fourth-order valence-electron chi connectivity index (χ4n) is 5.87. The summed E-state index contributed by atoms with van der Waals surface area (Å²) in [6, 6.07) is 28.7. The van der Waals surface area contributed by atoms with E-state index in [2.05, 4.69) is 57.2 Å². The van der Waals surface area contributed by atoms with E-state index < -0.39 is 34.4 Å². The van der Waals surface area contributed by atoms with Gasteiger partial charge in [0.2, 0.25) is 11.8 Å². The van der Waals surface area contributed by atoms with Gasteiger partial charge in [0.1, 0.15) is 17.7 Å². The molecule has 1 heterocycles. The minimum absolute atomic E-state index is 0.142. The molecule has 3 N–H and O–H groups in total. The van der Waals surface area contributed by atoms with Crippen molar-refractivity contribution >= 4 is 29.7 Å². The predicted octanol–water partition coefficient (Wildman–Crippen LogP) is 5.58. The molecule has 0 radical (unpaired) electrons. The maximum Gasteiger partial charge on any atom is 0.408 e. The number of nitrogens with one attached hydrogen (secondary N) is 3. The molecule has 3 aromatic rings. The SMILES string of the molecule is CC(C)C[C@H](NC(=O)[C@H](CSC(c1ccccc1)(c1ccccc1)c1ccccc1)NC(=O)OC(C)(C)C)C(=O)NCCN1CCOCC1. The van der Waals surface area contributed by atoms with Crippen LogP contribution in [0.25, 0.3) is 0 Å². The monoisotopic (exact) mass is 688 g/mol. The number of morpholine rings is 1. The van der Waals surface area contributed by atoms with Gasteiger partial charge in [0.25, 0.3) is 0 Å². The van der Waals surface area contributed by atoms with Crippen LogP contribution in [0.4, 0.5) is 4.79 Å². The van der Waals surface area contributed by atoms with E-state index in [1.165, 1.54) is 0 Å². The molecule has 3 amide bonds. The normalized spacial score (nSPS) is 15.2. The van der Waals surface area contributed by atoms with Crippen molar-refractivity contribution in [1.29, 1.82) is 0 Å². The second-order valence-corrected chi connectivity index (χ2v) is 15.0. The van der Waals surface area contributed by atoms with Gasteiger partial charge in [0.15, 0.2) is 0 Å². The molecule has 0 aromatic heterocycles. The molecule has 264 valence electrons. The molecule has 0 aliphatic carbocycles. The molecule has 10 heteroatoms. The summed E-state index contributed by atoms with van der Waals surface area (Å²) in [5.74, 6) is -0.359. The molecule has 1 fully saturated rings. The van der Waals surface area contributed by atoms with E-state index in [4.69, 9.17) is 9.47 Å². The first-order valence-electron chi connectivity index (χ1n) is 17.2. The first-order chi connectivity index (χ1) is 23.5. The molecule has 0 bridgehead atoms. The molecular formula is C39H52N4O5S. The Balaban J connectivity index is 1.62. The van der Waals surface area contributed by atoms with Crippen molar-refractivity contribution in [3.63, 3.8) is 0 Å². The van der Waals surface area contributed by atoms with Gasteiger partial charge in [0.05, 0.1) is 18.0 Å². The third-order valence-corrected chi connectivity index (χ3v) is 9.83. The third kappa shape index (κ3) is 11.3. The van der Waals surface area contributed by atoms with E-state index in [9.17, 15) is 14.4 Å². The van der Waals surface area contributed by atoms with Gasteiger partial charge in [0, 0.05) is 31.9 Å². The number of amides is 3. The topological polar surface area (TPSA) is 109 Å². The van der Waals surface area contributed by atoms with Crippen LogP contribution in [0, 0.1) is 5.92 Å². The number of carbonyl (C=O) groups is 3. The van der Waals surface area contributed by atoms with Gasteiger partial charge in [-0.3, -0.25) is 14.5 Å². The first-order valence-corrected chi connectivity index (χ1v) is 18.1. The van der Waals surface area contributed by atoms with Crippen molar-refractivity contribution in [3.05, 3.63) is 108 Å². The highest BCUT2D eigenvalue weighted by Crippen LogP contribution is 2.48. The number of thioether (sulfide) groups is 1. The second-order valence-electron chi connectivity index (χ2n) is 13.7. The molecule has 49 heavy (non-hydrogen) atoms. The highest BCUT2D eigenvalue weighted by Gasteiger charge is 2.39.